The monoisotopic (exact) mass is 705 g/mol. The maximum atomic E-state index is 13.4. The molecule has 3 aromatic rings. The maximum Gasteiger partial charge on any atom is 0.418 e. The number of carbonyl (C=O) groups excluding carboxylic acids is 2. The number of benzene rings is 1. The van der Waals surface area contributed by atoms with Gasteiger partial charge in [0.25, 0.3) is 11.5 Å². The smallest absolute Gasteiger partial charge is 0.418 e. The summed E-state index contributed by atoms with van der Waals surface area (Å²) in [6, 6.07) is 11.1. The average molecular weight is 706 g/mol. The minimum atomic E-state index is -4.99. The molecule has 0 bridgehead atoms. The number of ketones is 1. The van der Waals surface area contributed by atoms with Crippen LogP contribution in [0.15, 0.2) is 53.1 Å². The highest BCUT2D eigenvalue weighted by molar-refractivity contribution is 7.80. The van der Waals surface area contributed by atoms with Crippen LogP contribution < -0.4 is 20.8 Å². The highest BCUT2D eigenvalue weighted by Gasteiger charge is 2.57. The van der Waals surface area contributed by atoms with Crippen LogP contribution in [0.2, 0.25) is 0 Å². The quantitative estimate of drug-likeness (QED) is 0.0546. The standard InChI is InChI=1S/C30H36N6O10S2/c1-29(2)22(26(38)36(29)46-48(41,42)43)14-24(37)25(23-16-47-28(32)33-23)34-45-30(3,27(39)40)17-44-21-11-8-18(9-12-21)19-7-10-20(6-5-13-31)35(4)15-19/h7-12,15-16,22H,5-6,13-14,17,31H2,1-4H3,(H3-,32,33,39,40,41,42,43)/p+1/b34-25-/t22-,30+/m1/s1. The number of rotatable bonds is 16. The first-order valence-electron chi connectivity index (χ1n) is 14.6. The van der Waals surface area contributed by atoms with Crippen LogP contribution in [0.5, 0.6) is 5.75 Å². The molecule has 1 saturated heterocycles. The van der Waals surface area contributed by atoms with Gasteiger partial charge in [0.15, 0.2) is 28.5 Å². The molecule has 1 amide bonds. The fourth-order valence-corrected chi connectivity index (χ4v) is 5.88. The SMILES string of the molecule is C[n+]1cc(-c2ccc(OC[C@](C)(O/N=C(\C(=O)C[C@@H]3C(=O)N(OS(=O)(=O)O)C3(C)C)c3csc(N)n3)C(=O)O)cc2)ccc1CCCN. The lowest BCUT2D eigenvalue weighted by Crippen LogP contribution is -2.68. The van der Waals surface area contributed by atoms with Gasteiger partial charge in [-0.1, -0.05) is 17.3 Å². The highest BCUT2D eigenvalue weighted by Crippen LogP contribution is 2.40. The van der Waals surface area contributed by atoms with Crippen LogP contribution in [-0.4, -0.2) is 75.8 Å². The lowest BCUT2D eigenvalue weighted by molar-refractivity contribution is -0.678. The molecule has 0 spiro atoms. The fraction of sp³-hybridized carbons (Fsp3) is 0.400. The van der Waals surface area contributed by atoms with E-state index in [4.69, 9.17) is 25.6 Å². The Labute approximate surface area is 280 Å². The summed E-state index contributed by atoms with van der Waals surface area (Å²) < 4.78 is 43.4. The molecule has 1 aliphatic rings. The van der Waals surface area contributed by atoms with Crippen molar-refractivity contribution in [3.8, 4) is 16.9 Å². The Morgan fingerprint density at radius 1 is 1.19 bits per heavy atom. The van der Waals surface area contributed by atoms with Crippen LogP contribution in [0.25, 0.3) is 11.1 Å². The number of amides is 1. The molecular weight excluding hydrogens is 668 g/mol. The second kappa shape index (κ2) is 14.3. The molecule has 258 valence electrons. The van der Waals surface area contributed by atoms with Crippen molar-refractivity contribution in [2.75, 3.05) is 18.9 Å². The molecule has 2 atom stereocenters. The Kier molecular flexibility index (Phi) is 10.8. The van der Waals surface area contributed by atoms with Crippen molar-refractivity contribution in [3.05, 3.63) is 59.4 Å². The molecule has 6 N–H and O–H groups in total. The van der Waals surface area contributed by atoms with Gasteiger partial charge in [0.2, 0.25) is 0 Å². The lowest BCUT2D eigenvalue weighted by atomic mass is 9.74. The molecule has 4 rings (SSSR count). The Bertz CT molecular complexity index is 1830. The molecule has 1 aromatic carbocycles. The van der Waals surface area contributed by atoms with E-state index in [0.29, 0.717) is 17.4 Å². The van der Waals surface area contributed by atoms with Crippen LogP contribution in [0.1, 0.15) is 45.0 Å². The third-order valence-corrected chi connectivity index (χ3v) is 8.84. The number of carboxylic acids is 1. The van der Waals surface area contributed by atoms with Crippen molar-refractivity contribution in [2.24, 2.45) is 23.9 Å². The number of hydrogen-bond acceptors (Lipinski definition) is 13. The number of thiazole rings is 1. The van der Waals surface area contributed by atoms with Crippen LogP contribution in [0, 0.1) is 5.92 Å². The van der Waals surface area contributed by atoms with Crippen molar-refractivity contribution in [1.82, 2.24) is 10.0 Å². The van der Waals surface area contributed by atoms with Gasteiger partial charge in [-0.25, -0.2) is 14.3 Å². The van der Waals surface area contributed by atoms with Crippen molar-refractivity contribution < 1.29 is 50.9 Å². The van der Waals surface area contributed by atoms with E-state index in [0.717, 1.165) is 41.0 Å². The normalized spacial score (nSPS) is 17.4. The van der Waals surface area contributed by atoms with E-state index >= 15 is 0 Å². The van der Waals surface area contributed by atoms with E-state index in [9.17, 15) is 27.9 Å². The summed E-state index contributed by atoms with van der Waals surface area (Å²) in [6.07, 6.45) is 3.26. The topological polar surface area (TPSA) is 238 Å². The maximum absolute atomic E-state index is 13.4. The van der Waals surface area contributed by atoms with Gasteiger partial charge in [0, 0.05) is 29.9 Å². The van der Waals surface area contributed by atoms with Crippen LogP contribution >= 0.6 is 11.3 Å². The van der Waals surface area contributed by atoms with Crippen molar-refractivity contribution in [2.45, 2.75) is 51.2 Å². The first-order chi connectivity index (χ1) is 22.4. The summed E-state index contributed by atoms with van der Waals surface area (Å²) in [6.45, 7) is 4.17. The van der Waals surface area contributed by atoms with Crippen LogP contribution in [-0.2, 0) is 47.4 Å². The molecular formula is C30H37N6O10S2+. The van der Waals surface area contributed by atoms with Crippen molar-refractivity contribution in [1.29, 1.82) is 0 Å². The third kappa shape index (κ3) is 8.32. The number of oxime groups is 1. The molecule has 18 heteroatoms. The summed E-state index contributed by atoms with van der Waals surface area (Å²) in [4.78, 5) is 47.8. The number of hydrogen-bond donors (Lipinski definition) is 4. The Morgan fingerprint density at radius 3 is 2.40 bits per heavy atom. The van der Waals surface area contributed by atoms with E-state index in [1.54, 1.807) is 12.1 Å². The number of aliphatic carboxylic acids is 1. The summed E-state index contributed by atoms with van der Waals surface area (Å²) in [7, 11) is -3.03. The first kappa shape index (κ1) is 36.3. The summed E-state index contributed by atoms with van der Waals surface area (Å²) >= 11 is 0.988. The predicted molar refractivity (Wildman–Crippen MR) is 173 cm³/mol. The van der Waals surface area contributed by atoms with Gasteiger partial charge in [0.05, 0.1) is 11.5 Å². The van der Waals surface area contributed by atoms with Gasteiger partial charge in [-0.05, 0) is 57.5 Å². The van der Waals surface area contributed by atoms with Gasteiger partial charge in [0.1, 0.15) is 25.1 Å². The van der Waals surface area contributed by atoms with Gasteiger partial charge >= 0.3 is 16.4 Å². The van der Waals surface area contributed by atoms with Gasteiger partial charge in [-0.15, -0.1) is 15.6 Å². The number of carboxylic acid groups (broad SMARTS) is 1. The Balaban J connectivity index is 1.48. The van der Waals surface area contributed by atoms with Crippen molar-refractivity contribution >= 4 is 50.2 Å². The molecule has 1 fully saturated rings. The van der Waals surface area contributed by atoms with E-state index in [1.807, 2.05) is 42.1 Å². The molecule has 0 saturated carbocycles. The third-order valence-electron chi connectivity index (χ3n) is 7.83. The van der Waals surface area contributed by atoms with Gasteiger partial charge < -0.3 is 26.1 Å². The zero-order chi connectivity index (χ0) is 35.4. The molecule has 1 aliphatic heterocycles. The van der Waals surface area contributed by atoms with Gasteiger partial charge in [-0.2, -0.15) is 13.5 Å². The molecule has 0 unspecified atom stereocenters. The lowest BCUT2D eigenvalue weighted by Gasteiger charge is -2.50. The molecule has 16 nitrogen and oxygen atoms in total. The minimum absolute atomic E-state index is 0.0248. The molecule has 48 heavy (non-hydrogen) atoms. The number of carbonyl (C=O) groups is 3. The number of Topliss-reactive ketones (excluding diaryl/α,β-unsaturated/α-hetero) is 1. The Hall–Kier alpha value is -4.49. The number of pyridine rings is 1. The molecule has 0 aliphatic carbocycles. The molecule has 3 heterocycles. The van der Waals surface area contributed by atoms with Gasteiger partial charge in [-0.3, -0.25) is 14.1 Å². The number of anilines is 1. The summed E-state index contributed by atoms with van der Waals surface area (Å²) in [5.74, 6) is -3.83. The predicted octanol–water partition coefficient (Wildman–Crippen LogP) is 1.68. The number of β-lactam (4-membered cyclic amide) rings is 1. The highest BCUT2D eigenvalue weighted by atomic mass is 32.3. The second-order valence-electron chi connectivity index (χ2n) is 11.8. The summed E-state index contributed by atoms with van der Waals surface area (Å²) in [5.41, 5.74) is 10.6. The van der Waals surface area contributed by atoms with E-state index in [-0.39, 0.29) is 10.8 Å². The van der Waals surface area contributed by atoms with E-state index < -0.39 is 63.9 Å². The van der Waals surface area contributed by atoms with E-state index in [2.05, 4.69) is 14.4 Å². The summed E-state index contributed by atoms with van der Waals surface area (Å²) in [5, 5.41) is 15.8. The zero-order valence-electron chi connectivity index (χ0n) is 26.7. The number of aromatic nitrogens is 2. The second-order valence-corrected chi connectivity index (χ2v) is 13.7. The number of aryl methyl sites for hydroxylation is 2. The fourth-order valence-electron chi connectivity index (χ4n) is 4.88. The number of nitrogen functional groups attached to an aromatic ring is 1. The van der Waals surface area contributed by atoms with Crippen LogP contribution in [0.4, 0.5) is 5.13 Å². The van der Waals surface area contributed by atoms with E-state index in [1.165, 1.54) is 26.2 Å². The largest absolute Gasteiger partial charge is 0.489 e. The molecule has 2 aromatic heterocycles. The minimum Gasteiger partial charge on any atom is -0.489 e. The number of hydroxylamine groups is 2. The number of nitrogens with two attached hydrogens (primary N) is 2. The van der Waals surface area contributed by atoms with Crippen molar-refractivity contribution in [3.63, 3.8) is 0 Å². The number of ether oxygens (including phenoxy) is 1. The Morgan fingerprint density at radius 2 is 1.85 bits per heavy atom. The first-order valence-corrected chi connectivity index (χ1v) is 16.9. The number of nitrogens with zero attached hydrogens (tertiary/aromatic N) is 4. The average Bonchev–Trinajstić information content (AvgIpc) is 3.46. The molecule has 0 radical (unpaired) electrons. The van der Waals surface area contributed by atoms with Crippen LogP contribution in [0.3, 0.4) is 0 Å². The zero-order valence-corrected chi connectivity index (χ0v) is 28.3.